The molecule has 0 aliphatic heterocycles. The van der Waals surface area contributed by atoms with E-state index in [1.54, 1.807) is 24.0 Å². The van der Waals surface area contributed by atoms with Crippen LogP contribution in [0.3, 0.4) is 0 Å². The Morgan fingerprint density at radius 3 is 2.65 bits per heavy atom. The van der Waals surface area contributed by atoms with Crippen molar-refractivity contribution in [1.29, 1.82) is 0 Å². The van der Waals surface area contributed by atoms with Crippen LogP contribution in [0.2, 0.25) is 0 Å². The number of hydrogen-bond acceptors (Lipinski definition) is 4. The third kappa shape index (κ3) is 4.51. The van der Waals surface area contributed by atoms with Crippen molar-refractivity contribution in [2.45, 2.75) is 50.7 Å². The van der Waals surface area contributed by atoms with Crippen LogP contribution in [-0.4, -0.2) is 31.0 Å². The van der Waals surface area contributed by atoms with Crippen molar-refractivity contribution in [3.63, 3.8) is 0 Å². The predicted octanol–water partition coefficient (Wildman–Crippen LogP) is 1.78. The maximum Gasteiger partial charge on any atom is 0.242 e. The Bertz CT molecular complexity index is 512. The van der Waals surface area contributed by atoms with Gasteiger partial charge >= 0.3 is 0 Å². The highest BCUT2D eigenvalue weighted by atomic mass is 32.2. The molecular weight excluding hydrogens is 294 g/mol. The van der Waals surface area contributed by atoms with Gasteiger partial charge in [0.1, 0.15) is 0 Å². The molecule has 0 saturated heterocycles. The summed E-state index contributed by atoms with van der Waals surface area (Å²) < 4.78 is 29.5. The van der Waals surface area contributed by atoms with Crippen molar-refractivity contribution < 1.29 is 8.42 Å². The van der Waals surface area contributed by atoms with E-state index in [1.807, 2.05) is 17.7 Å². The Balaban J connectivity index is 2.97. The van der Waals surface area contributed by atoms with Crippen molar-refractivity contribution >= 4 is 21.8 Å². The third-order valence-corrected chi connectivity index (χ3v) is 5.35. The van der Waals surface area contributed by atoms with E-state index in [1.165, 1.54) is 0 Å². The summed E-state index contributed by atoms with van der Waals surface area (Å²) in [6, 6.07) is 1.63. The number of aromatic nitrogens is 1. The van der Waals surface area contributed by atoms with Gasteiger partial charge in [-0.15, -0.1) is 0 Å². The largest absolute Gasteiger partial charge is 0.349 e. The molecule has 1 aromatic heterocycles. The molecule has 0 aliphatic rings. The molecule has 0 aliphatic carbocycles. The molecule has 1 heterocycles. The summed E-state index contributed by atoms with van der Waals surface area (Å²) in [5.41, 5.74) is 6.53. The standard InChI is InChI=1S/C13H25N3O2S2/c1-4-6-16-9-13(7-12(16)8-14)20(17,18)15-11(5-2)10-19-3/h7,9,11,15H,4-6,8,10,14H2,1-3H3. The lowest BCUT2D eigenvalue weighted by Gasteiger charge is -2.15. The molecule has 1 atom stereocenters. The number of sulfonamides is 1. The number of nitrogens with two attached hydrogens (primary N) is 1. The summed E-state index contributed by atoms with van der Waals surface area (Å²) in [6.45, 7) is 5.16. The molecule has 116 valence electrons. The molecule has 0 fully saturated rings. The number of rotatable bonds is 9. The zero-order chi connectivity index (χ0) is 15.2. The van der Waals surface area contributed by atoms with E-state index in [0.717, 1.165) is 30.8 Å². The number of nitrogens with zero attached hydrogens (tertiary/aromatic N) is 1. The van der Waals surface area contributed by atoms with Crippen LogP contribution in [0, 0.1) is 0 Å². The highest BCUT2D eigenvalue weighted by Gasteiger charge is 2.21. The normalized spacial score (nSPS) is 13.6. The average molecular weight is 319 g/mol. The minimum absolute atomic E-state index is 0.0362. The van der Waals surface area contributed by atoms with Gasteiger partial charge in [-0.1, -0.05) is 13.8 Å². The van der Waals surface area contributed by atoms with Gasteiger partial charge in [-0.2, -0.15) is 11.8 Å². The van der Waals surface area contributed by atoms with Crippen molar-refractivity contribution in [2.75, 3.05) is 12.0 Å². The summed E-state index contributed by atoms with van der Waals surface area (Å²) in [5.74, 6) is 0.773. The third-order valence-electron chi connectivity index (χ3n) is 3.13. The van der Waals surface area contributed by atoms with Crippen molar-refractivity contribution in [2.24, 2.45) is 5.73 Å². The molecule has 0 saturated carbocycles. The molecule has 7 heteroatoms. The fraction of sp³-hybridized carbons (Fsp3) is 0.692. The fourth-order valence-electron chi connectivity index (χ4n) is 2.02. The van der Waals surface area contributed by atoms with Crippen LogP contribution in [0.1, 0.15) is 32.4 Å². The highest BCUT2D eigenvalue weighted by molar-refractivity contribution is 7.98. The molecule has 1 rings (SSSR count). The van der Waals surface area contributed by atoms with Crippen LogP contribution in [0.15, 0.2) is 17.2 Å². The number of hydrogen-bond donors (Lipinski definition) is 2. The maximum atomic E-state index is 12.4. The lowest BCUT2D eigenvalue weighted by atomic mass is 10.3. The zero-order valence-corrected chi connectivity index (χ0v) is 14.1. The Labute approximate surface area is 126 Å². The minimum Gasteiger partial charge on any atom is -0.349 e. The Morgan fingerprint density at radius 2 is 2.15 bits per heavy atom. The molecule has 20 heavy (non-hydrogen) atoms. The summed E-state index contributed by atoms with van der Waals surface area (Å²) in [4.78, 5) is 0.311. The first-order valence-corrected chi connectivity index (χ1v) is 9.76. The minimum atomic E-state index is -3.46. The first kappa shape index (κ1) is 17.6. The zero-order valence-electron chi connectivity index (χ0n) is 12.4. The van der Waals surface area contributed by atoms with E-state index in [9.17, 15) is 8.42 Å². The van der Waals surface area contributed by atoms with Gasteiger partial charge in [-0.25, -0.2) is 13.1 Å². The van der Waals surface area contributed by atoms with Crippen LogP contribution in [0.4, 0.5) is 0 Å². The maximum absolute atomic E-state index is 12.4. The number of aryl methyl sites for hydroxylation is 1. The van der Waals surface area contributed by atoms with Gasteiger partial charge in [0, 0.05) is 36.8 Å². The van der Waals surface area contributed by atoms with Crippen molar-refractivity contribution in [3.8, 4) is 0 Å². The van der Waals surface area contributed by atoms with E-state index in [2.05, 4.69) is 11.6 Å². The quantitative estimate of drug-likeness (QED) is 0.727. The van der Waals surface area contributed by atoms with E-state index < -0.39 is 10.0 Å². The summed E-state index contributed by atoms with van der Waals surface area (Å²) in [5, 5.41) is 0. The Hall–Kier alpha value is -0.500. The molecule has 1 aromatic rings. The van der Waals surface area contributed by atoms with E-state index in [4.69, 9.17) is 5.73 Å². The molecule has 0 spiro atoms. The molecule has 0 amide bonds. The smallest absolute Gasteiger partial charge is 0.242 e. The van der Waals surface area contributed by atoms with Gasteiger partial charge in [0.05, 0.1) is 4.90 Å². The summed E-state index contributed by atoms with van der Waals surface area (Å²) >= 11 is 1.64. The SMILES string of the molecule is CCCn1cc(S(=O)(=O)NC(CC)CSC)cc1CN. The first-order valence-electron chi connectivity index (χ1n) is 6.88. The Morgan fingerprint density at radius 1 is 1.45 bits per heavy atom. The van der Waals surface area contributed by atoms with E-state index >= 15 is 0 Å². The van der Waals surface area contributed by atoms with E-state index in [-0.39, 0.29) is 6.04 Å². The van der Waals surface area contributed by atoms with Gasteiger partial charge in [0.15, 0.2) is 0 Å². The number of nitrogens with one attached hydrogen (secondary N) is 1. The Kier molecular flexibility index (Phi) is 7.08. The lowest BCUT2D eigenvalue weighted by molar-refractivity contribution is 0.557. The summed E-state index contributed by atoms with van der Waals surface area (Å²) in [6.07, 6.45) is 5.37. The van der Waals surface area contributed by atoms with Crippen LogP contribution < -0.4 is 10.5 Å². The van der Waals surface area contributed by atoms with Gasteiger partial charge < -0.3 is 10.3 Å². The van der Waals surface area contributed by atoms with E-state index in [0.29, 0.717) is 11.4 Å². The first-order chi connectivity index (χ1) is 9.48. The second kappa shape index (κ2) is 8.07. The van der Waals surface area contributed by atoms with Gasteiger partial charge in [-0.05, 0) is 25.2 Å². The lowest BCUT2D eigenvalue weighted by Crippen LogP contribution is -2.35. The molecule has 0 aromatic carbocycles. The van der Waals surface area contributed by atoms with Crippen molar-refractivity contribution in [1.82, 2.24) is 9.29 Å². The van der Waals surface area contributed by atoms with Crippen LogP contribution in [0.25, 0.3) is 0 Å². The monoisotopic (exact) mass is 319 g/mol. The number of thioether (sulfide) groups is 1. The van der Waals surface area contributed by atoms with Crippen LogP contribution in [-0.2, 0) is 23.1 Å². The molecule has 1 unspecified atom stereocenters. The van der Waals surface area contributed by atoms with Crippen molar-refractivity contribution in [3.05, 3.63) is 18.0 Å². The average Bonchev–Trinajstić information content (AvgIpc) is 2.82. The van der Waals surface area contributed by atoms with Gasteiger partial charge in [0.25, 0.3) is 0 Å². The topological polar surface area (TPSA) is 77.1 Å². The molecule has 0 radical (unpaired) electrons. The van der Waals surface area contributed by atoms with Gasteiger partial charge in [0.2, 0.25) is 10.0 Å². The second-order valence-corrected chi connectivity index (χ2v) is 7.37. The highest BCUT2D eigenvalue weighted by Crippen LogP contribution is 2.16. The van der Waals surface area contributed by atoms with Crippen LogP contribution >= 0.6 is 11.8 Å². The molecule has 0 bridgehead atoms. The predicted molar refractivity (Wildman–Crippen MR) is 85.4 cm³/mol. The fourth-order valence-corrected chi connectivity index (χ4v) is 4.23. The molecule has 5 nitrogen and oxygen atoms in total. The molecule has 3 N–H and O–H groups in total. The van der Waals surface area contributed by atoms with Crippen LogP contribution in [0.5, 0.6) is 0 Å². The second-order valence-electron chi connectivity index (χ2n) is 4.75. The van der Waals surface area contributed by atoms with Gasteiger partial charge in [-0.3, -0.25) is 0 Å². The summed E-state index contributed by atoms with van der Waals surface area (Å²) in [7, 11) is -3.46. The molecular formula is C13H25N3O2S2.